The van der Waals surface area contributed by atoms with Gasteiger partial charge < -0.3 is 5.32 Å². The van der Waals surface area contributed by atoms with Crippen LogP contribution in [0, 0.1) is 11.3 Å². The lowest BCUT2D eigenvalue weighted by Gasteiger charge is -2.15. The molecule has 1 heterocycles. The van der Waals surface area contributed by atoms with E-state index in [1.165, 1.54) is 10.4 Å². The van der Waals surface area contributed by atoms with E-state index in [4.69, 9.17) is 16.9 Å². The quantitative estimate of drug-likeness (QED) is 0.882. The molecule has 0 bridgehead atoms. The molecule has 1 aromatic heterocycles. The average molecular weight is 275 g/mol. The summed E-state index contributed by atoms with van der Waals surface area (Å²) in [4.78, 5) is 1.37. The van der Waals surface area contributed by atoms with Crippen molar-refractivity contribution in [3.63, 3.8) is 0 Å². The summed E-state index contributed by atoms with van der Waals surface area (Å²) in [7, 11) is 0. The summed E-state index contributed by atoms with van der Waals surface area (Å²) in [6.45, 7) is 0. The zero-order chi connectivity index (χ0) is 12.5. The van der Waals surface area contributed by atoms with Crippen molar-refractivity contribution in [3.8, 4) is 6.07 Å². The highest BCUT2D eigenvalue weighted by atomic mass is 35.5. The van der Waals surface area contributed by atoms with Crippen LogP contribution in [-0.2, 0) is 6.42 Å². The van der Waals surface area contributed by atoms with Crippen LogP contribution < -0.4 is 5.32 Å². The Labute approximate surface area is 115 Å². The predicted molar refractivity (Wildman–Crippen MR) is 75.2 cm³/mol. The van der Waals surface area contributed by atoms with Crippen molar-refractivity contribution in [2.45, 2.75) is 18.9 Å². The van der Waals surface area contributed by atoms with Crippen molar-refractivity contribution >= 4 is 28.6 Å². The lowest BCUT2D eigenvalue weighted by Crippen LogP contribution is -2.07. The van der Waals surface area contributed by atoms with Gasteiger partial charge in [-0.2, -0.15) is 5.26 Å². The molecule has 3 rings (SSSR count). The van der Waals surface area contributed by atoms with E-state index in [0.29, 0.717) is 5.56 Å². The first-order chi connectivity index (χ1) is 8.78. The number of halogens is 1. The Hall–Kier alpha value is -1.50. The number of para-hydroxylation sites is 1. The Bertz CT molecular complexity index is 627. The third-order valence-electron chi connectivity index (χ3n) is 3.22. The van der Waals surface area contributed by atoms with Crippen molar-refractivity contribution in [2.24, 2.45) is 0 Å². The zero-order valence-corrected chi connectivity index (χ0v) is 11.2. The molecule has 1 unspecified atom stereocenters. The second kappa shape index (κ2) is 4.64. The van der Waals surface area contributed by atoms with Crippen LogP contribution in [-0.4, -0.2) is 0 Å². The third kappa shape index (κ3) is 1.98. The van der Waals surface area contributed by atoms with Crippen molar-refractivity contribution in [2.75, 3.05) is 5.32 Å². The molecule has 0 fully saturated rings. The first-order valence-corrected chi connectivity index (χ1v) is 7.01. The Morgan fingerprint density at radius 2 is 2.22 bits per heavy atom. The second-order valence-electron chi connectivity index (χ2n) is 4.32. The fourth-order valence-corrected chi connectivity index (χ4v) is 3.73. The third-order valence-corrected chi connectivity index (χ3v) is 4.56. The summed E-state index contributed by atoms with van der Waals surface area (Å²) in [5, 5.41) is 12.5. The van der Waals surface area contributed by atoms with Crippen LogP contribution in [0.1, 0.15) is 28.5 Å². The van der Waals surface area contributed by atoms with Gasteiger partial charge in [-0.25, -0.2) is 0 Å². The van der Waals surface area contributed by atoms with E-state index in [1.807, 2.05) is 30.3 Å². The van der Waals surface area contributed by atoms with Gasteiger partial charge in [-0.05, 0) is 36.6 Å². The molecular formula is C14H11ClN2S. The lowest BCUT2D eigenvalue weighted by molar-refractivity contribution is 0.762. The van der Waals surface area contributed by atoms with E-state index in [-0.39, 0.29) is 6.04 Å². The minimum Gasteiger partial charge on any atom is -0.377 e. The van der Waals surface area contributed by atoms with Crippen LogP contribution in [0.5, 0.6) is 0 Å². The van der Waals surface area contributed by atoms with Gasteiger partial charge in [-0.3, -0.25) is 0 Å². The molecule has 1 atom stereocenters. The molecule has 1 aliphatic rings. The molecule has 2 nitrogen and oxygen atoms in total. The first kappa shape index (κ1) is 11.6. The number of nitrogens with zero attached hydrogens (tertiary/aromatic N) is 1. The van der Waals surface area contributed by atoms with Gasteiger partial charge in [0.25, 0.3) is 0 Å². The number of hydrogen-bond acceptors (Lipinski definition) is 3. The predicted octanol–water partition coefficient (Wildman–Crippen LogP) is 4.37. The van der Waals surface area contributed by atoms with Gasteiger partial charge in [-0.1, -0.05) is 23.7 Å². The molecule has 1 aromatic carbocycles. The molecule has 0 spiro atoms. The number of rotatable bonds is 2. The maximum Gasteiger partial charge on any atom is 0.101 e. The summed E-state index contributed by atoms with van der Waals surface area (Å²) in [5.74, 6) is 0. The molecule has 2 aromatic rings. The van der Waals surface area contributed by atoms with E-state index >= 15 is 0 Å². The second-order valence-corrected chi connectivity index (χ2v) is 6.09. The van der Waals surface area contributed by atoms with Crippen LogP contribution in [0.3, 0.4) is 0 Å². The topological polar surface area (TPSA) is 35.8 Å². The Kier molecular flexibility index (Phi) is 2.99. The highest BCUT2D eigenvalue weighted by molar-refractivity contribution is 7.16. The van der Waals surface area contributed by atoms with E-state index in [2.05, 4.69) is 11.4 Å². The Balaban J connectivity index is 1.88. The summed E-state index contributed by atoms with van der Waals surface area (Å²) < 4.78 is 0.847. The van der Waals surface area contributed by atoms with Crippen LogP contribution in [0.15, 0.2) is 30.3 Å². The van der Waals surface area contributed by atoms with Crippen molar-refractivity contribution in [3.05, 3.63) is 50.7 Å². The highest BCUT2D eigenvalue weighted by Crippen LogP contribution is 2.41. The summed E-state index contributed by atoms with van der Waals surface area (Å²) in [6, 6.07) is 12.1. The van der Waals surface area contributed by atoms with Gasteiger partial charge >= 0.3 is 0 Å². The maximum atomic E-state index is 9.08. The maximum absolute atomic E-state index is 9.08. The van der Waals surface area contributed by atoms with Gasteiger partial charge in [-0.15, -0.1) is 11.3 Å². The molecule has 4 heteroatoms. The van der Waals surface area contributed by atoms with Gasteiger partial charge in [0, 0.05) is 4.88 Å². The number of nitrogens with one attached hydrogen (secondary N) is 1. The van der Waals surface area contributed by atoms with E-state index in [1.54, 1.807) is 11.3 Å². The number of benzene rings is 1. The van der Waals surface area contributed by atoms with E-state index in [0.717, 1.165) is 22.9 Å². The fraction of sp³-hybridized carbons (Fsp3) is 0.214. The van der Waals surface area contributed by atoms with Gasteiger partial charge in [0.2, 0.25) is 0 Å². The van der Waals surface area contributed by atoms with Crippen molar-refractivity contribution in [1.82, 2.24) is 0 Å². The first-order valence-electron chi connectivity index (χ1n) is 5.81. The molecular weight excluding hydrogens is 264 g/mol. The molecule has 0 aliphatic heterocycles. The molecule has 90 valence electrons. The van der Waals surface area contributed by atoms with Gasteiger partial charge in [0.05, 0.1) is 21.6 Å². The molecule has 0 saturated heterocycles. The minimum atomic E-state index is 0.276. The monoisotopic (exact) mass is 274 g/mol. The standard InChI is InChI=1S/C14H11ClN2S/c15-14-7-10-12(5-6-13(10)18-14)17-11-4-2-1-3-9(11)8-16/h1-4,7,12,17H,5-6H2. The minimum absolute atomic E-state index is 0.276. The van der Waals surface area contributed by atoms with Gasteiger partial charge in [0.15, 0.2) is 0 Å². The molecule has 18 heavy (non-hydrogen) atoms. The Morgan fingerprint density at radius 3 is 3.06 bits per heavy atom. The molecule has 1 aliphatic carbocycles. The molecule has 1 N–H and O–H groups in total. The summed E-state index contributed by atoms with van der Waals surface area (Å²) >= 11 is 7.71. The molecule has 0 radical (unpaired) electrons. The van der Waals surface area contributed by atoms with Crippen molar-refractivity contribution in [1.29, 1.82) is 5.26 Å². The summed E-state index contributed by atoms with van der Waals surface area (Å²) in [6.07, 6.45) is 2.14. The number of hydrogen-bond donors (Lipinski definition) is 1. The summed E-state index contributed by atoms with van der Waals surface area (Å²) in [5.41, 5.74) is 2.88. The average Bonchev–Trinajstić information content (AvgIpc) is 2.91. The Morgan fingerprint density at radius 1 is 1.39 bits per heavy atom. The van der Waals surface area contributed by atoms with E-state index in [9.17, 15) is 0 Å². The number of nitriles is 1. The smallest absolute Gasteiger partial charge is 0.101 e. The van der Waals surface area contributed by atoms with Crippen molar-refractivity contribution < 1.29 is 0 Å². The van der Waals surface area contributed by atoms with E-state index < -0.39 is 0 Å². The number of thiophene rings is 1. The molecule has 0 saturated carbocycles. The molecule has 0 amide bonds. The largest absolute Gasteiger partial charge is 0.377 e. The van der Waals surface area contributed by atoms with Gasteiger partial charge in [0.1, 0.15) is 6.07 Å². The number of aryl methyl sites for hydroxylation is 1. The van der Waals surface area contributed by atoms with Crippen LogP contribution in [0.25, 0.3) is 0 Å². The number of anilines is 1. The normalized spacial score (nSPS) is 17.2. The highest BCUT2D eigenvalue weighted by Gasteiger charge is 2.25. The lowest BCUT2D eigenvalue weighted by atomic mass is 10.1. The van der Waals surface area contributed by atoms with Crippen LogP contribution in [0.2, 0.25) is 4.34 Å². The van der Waals surface area contributed by atoms with Crippen LogP contribution >= 0.6 is 22.9 Å². The number of fused-ring (bicyclic) bond motifs is 1. The van der Waals surface area contributed by atoms with Crippen LogP contribution in [0.4, 0.5) is 5.69 Å². The fourth-order valence-electron chi connectivity index (χ4n) is 2.37. The zero-order valence-electron chi connectivity index (χ0n) is 9.61. The SMILES string of the molecule is N#Cc1ccccc1NC1CCc2sc(Cl)cc21.